The molecule has 1 aromatic rings. The average Bonchev–Trinajstić information content (AvgIpc) is 3.02. The second-order valence-electron chi connectivity index (χ2n) is 6.19. The highest BCUT2D eigenvalue weighted by atomic mass is 16.5. The number of carbonyl (C=O) groups excluding carboxylic acids is 1. The fourth-order valence-corrected chi connectivity index (χ4v) is 3.03. The largest absolute Gasteiger partial charge is 0.488 e. The molecule has 2 N–H and O–H groups in total. The van der Waals surface area contributed by atoms with E-state index in [1.807, 2.05) is 24.3 Å². The van der Waals surface area contributed by atoms with Gasteiger partial charge in [0.15, 0.2) is 0 Å². The molecule has 3 atom stereocenters. The Morgan fingerprint density at radius 2 is 2.14 bits per heavy atom. The van der Waals surface area contributed by atoms with Crippen molar-refractivity contribution in [3.05, 3.63) is 24.3 Å². The third-order valence-corrected chi connectivity index (χ3v) is 4.31. The molecule has 0 aromatic heterocycles. The van der Waals surface area contributed by atoms with Gasteiger partial charge in [0.05, 0.1) is 13.2 Å². The van der Waals surface area contributed by atoms with Gasteiger partial charge in [-0.2, -0.15) is 0 Å². The zero-order valence-electron chi connectivity index (χ0n) is 13.0. The first kappa shape index (κ1) is 15.3. The highest BCUT2D eigenvalue weighted by molar-refractivity contribution is 5.92. The normalized spacial score (nSPS) is 28.3. The molecule has 0 spiro atoms. The van der Waals surface area contributed by atoms with Gasteiger partial charge < -0.3 is 20.1 Å². The molecular weight excluding hydrogens is 280 g/mol. The van der Waals surface area contributed by atoms with Gasteiger partial charge in [0.25, 0.3) is 0 Å². The summed E-state index contributed by atoms with van der Waals surface area (Å²) in [6, 6.07) is 8.01. The minimum Gasteiger partial charge on any atom is -0.488 e. The summed E-state index contributed by atoms with van der Waals surface area (Å²) < 4.78 is 11.1. The van der Waals surface area contributed by atoms with Crippen molar-refractivity contribution in [1.82, 2.24) is 5.32 Å². The van der Waals surface area contributed by atoms with E-state index in [9.17, 15) is 4.79 Å². The maximum atomic E-state index is 12.3. The van der Waals surface area contributed by atoms with E-state index in [0.29, 0.717) is 12.6 Å². The van der Waals surface area contributed by atoms with Gasteiger partial charge in [-0.1, -0.05) is 0 Å². The van der Waals surface area contributed by atoms with Crippen molar-refractivity contribution in [2.24, 2.45) is 5.92 Å². The Balaban J connectivity index is 1.52. The van der Waals surface area contributed by atoms with Crippen LogP contribution in [-0.4, -0.2) is 37.8 Å². The number of hydrogen-bond donors (Lipinski definition) is 2. The van der Waals surface area contributed by atoms with E-state index in [1.54, 1.807) is 0 Å². The summed E-state index contributed by atoms with van der Waals surface area (Å²) in [6.07, 6.45) is 2.89. The fraction of sp³-hybridized carbons (Fsp3) is 0.588. The van der Waals surface area contributed by atoms with Crippen LogP contribution in [0.2, 0.25) is 0 Å². The summed E-state index contributed by atoms with van der Waals surface area (Å²) in [5, 5.41) is 6.37. The molecule has 0 bridgehead atoms. The number of carbonyl (C=O) groups is 1. The van der Waals surface area contributed by atoms with Gasteiger partial charge in [0.2, 0.25) is 5.91 Å². The van der Waals surface area contributed by atoms with E-state index in [1.165, 1.54) is 0 Å². The van der Waals surface area contributed by atoms with Crippen LogP contribution in [0.15, 0.2) is 24.3 Å². The standard InChI is InChI=1S/C17H24N2O3/c1-12-10-13(6-8-18-12)17(20)19-14-2-4-15(5-3-14)22-16-7-9-21-11-16/h2-5,12-13,16,18H,6-11H2,1H3,(H,19,20)/t12-,13-,16?/m0/s1. The van der Waals surface area contributed by atoms with Crippen molar-refractivity contribution >= 4 is 11.6 Å². The molecule has 2 saturated heterocycles. The summed E-state index contributed by atoms with van der Waals surface area (Å²) in [6.45, 7) is 4.47. The van der Waals surface area contributed by atoms with E-state index in [0.717, 1.165) is 43.9 Å². The van der Waals surface area contributed by atoms with Gasteiger partial charge in [-0.25, -0.2) is 0 Å². The SMILES string of the molecule is C[C@H]1C[C@@H](C(=O)Nc2ccc(OC3CCOC3)cc2)CCN1. The molecule has 1 unspecified atom stereocenters. The highest BCUT2D eigenvalue weighted by Crippen LogP contribution is 2.22. The van der Waals surface area contributed by atoms with Crippen LogP contribution in [-0.2, 0) is 9.53 Å². The van der Waals surface area contributed by atoms with Crippen molar-refractivity contribution in [2.45, 2.75) is 38.3 Å². The Bertz CT molecular complexity index is 497. The summed E-state index contributed by atoms with van der Waals surface area (Å²) in [5.41, 5.74) is 0.825. The molecule has 5 nitrogen and oxygen atoms in total. The Kier molecular flexibility index (Phi) is 4.95. The molecule has 2 aliphatic heterocycles. The predicted octanol–water partition coefficient (Wildman–Crippen LogP) is 2.18. The second-order valence-corrected chi connectivity index (χ2v) is 6.19. The van der Waals surface area contributed by atoms with E-state index in [-0.39, 0.29) is 17.9 Å². The summed E-state index contributed by atoms with van der Waals surface area (Å²) in [7, 11) is 0. The van der Waals surface area contributed by atoms with Crippen LogP contribution in [0.25, 0.3) is 0 Å². The third-order valence-electron chi connectivity index (χ3n) is 4.31. The molecule has 0 saturated carbocycles. The zero-order valence-corrected chi connectivity index (χ0v) is 13.0. The maximum Gasteiger partial charge on any atom is 0.227 e. The molecule has 120 valence electrons. The van der Waals surface area contributed by atoms with Crippen molar-refractivity contribution in [3.8, 4) is 5.75 Å². The predicted molar refractivity (Wildman–Crippen MR) is 85.1 cm³/mol. The van der Waals surface area contributed by atoms with Crippen molar-refractivity contribution in [3.63, 3.8) is 0 Å². The van der Waals surface area contributed by atoms with E-state index in [2.05, 4.69) is 17.6 Å². The third kappa shape index (κ3) is 3.99. The van der Waals surface area contributed by atoms with Gasteiger partial charge in [0, 0.05) is 24.1 Å². The lowest BCUT2D eigenvalue weighted by Crippen LogP contribution is -2.40. The van der Waals surface area contributed by atoms with Crippen LogP contribution in [0.4, 0.5) is 5.69 Å². The van der Waals surface area contributed by atoms with Crippen LogP contribution in [0.5, 0.6) is 5.75 Å². The smallest absolute Gasteiger partial charge is 0.227 e. The van der Waals surface area contributed by atoms with E-state index in [4.69, 9.17) is 9.47 Å². The quantitative estimate of drug-likeness (QED) is 0.895. The van der Waals surface area contributed by atoms with Crippen molar-refractivity contribution in [1.29, 1.82) is 0 Å². The topological polar surface area (TPSA) is 59.6 Å². The molecule has 2 aliphatic rings. The number of piperidine rings is 1. The second kappa shape index (κ2) is 7.11. The number of amides is 1. The molecule has 0 aliphatic carbocycles. The number of nitrogens with one attached hydrogen (secondary N) is 2. The first-order chi connectivity index (χ1) is 10.7. The Morgan fingerprint density at radius 1 is 1.32 bits per heavy atom. The summed E-state index contributed by atoms with van der Waals surface area (Å²) >= 11 is 0. The van der Waals surface area contributed by atoms with Crippen molar-refractivity contribution in [2.75, 3.05) is 25.1 Å². The lowest BCUT2D eigenvalue weighted by atomic mass is 9.92. The van der Waals surface area contributed by atoms with Crippen LogP contribution in [0.1, 0.15) is 26.2 Å². The number of anilines is 1. The number of hydrogen-bond acceptors (Lipinski definition) is 4. The van der Waals surface area contributed by atoms with Gasteiger partial charge >= 0.3 is 0 Å². The molecular formula is C17H24N2O3. The minimum atomic E-state index is 0.0998. The molecule has 2 heterocycles. The molecule has 1 aromatic carbocycles. The van der Waals surface area contributed by atoms with Gasteiger partial charge in [-0.15, -0.1) is 0 Å². The Hall–Kier alpha value is -1.59. The molecule has 1 amide bonds. The maximum absolute atomic E-state index is 12.3. The zero-order chi connectivity index (χ0) is 15.4. The van der Waals surface area contributed by atoms with Crippen LogP contribution in [0, 0.1) is 5.92 Å². The van der Waals surface area contributed by atoms with E-state index < -0.39 is 0 Å². The van der Waals surface area contributed by atoms with Gasteiger partial charge in [-0.05, 0) is 50.6 Å². The van der Waals surface area contributed by atoms with Crippen molar-refractivity contribution < 1.29 is 14.3 Å². The van der Waals surface area contributed by atoms with Crippen LogP contribution in [0.3, 0.4) is 0 Å². The van der Waals surface area contributed by atoms with Crippen LogP contribution < -0.4 is 15.4 Å². The Labute approximate surface area is 131 Å². The number of rotatable bonds is 4. The first-order valence-electron chi connectivity index (χ1n) is 8.09. The molecule has 0 radical (unpaired) electrons. The fourth-order valence-electron chi connectivity index (χ4n) is 3.03. The lowest BCUT2D eigenvalue weighted by molar-refractivity contribution is -0.120. The first-order valence-corrected chi connectivity index (χ1v) is 8.09. The molecule has 5 heteroatoms. The van der Waals surface area contributed by atoms with E-state index >= 15 is 0 Å². The Morgan fingerprint density at radius 3 is 2.82 bits per heavy atom. The highest BCUT2D eigenvalue weighted by Gasteiger charge is 2.24. The monoisotopic (exact) mass is 304 g/mol. The number of benzene rings is 1. The number of ether oxygens (including phenoxy) is 2. The van der Waals surface area contributed by atoms with Gasteiger partial charge in [-0.3, -0.25) is 4.79 Å². The molecule has 2 fully saturated rings. The minimum absolute atomic E-state index is 0.0998. The lowest BCUT2D eigenvalue weighted by Gasteiger charge is -2.27. The summed E-state index contributed by atoms with van der Waals surface area (Å²) in [5.74, 6) is 1.04. The van der Waals surface area contributed by atoms with Gasteiger partial charge in [0.1, 0.15) is 11.9 Å². The average molecular weight is 304 g/mol. The molecule has 22 heavy (non-hydrogen) atoms. The summed E-state index contributed by atoms with van der Waals surface area (Å²) in [4.78, 5) is 12.3. The molecule has 3 rings (SSSR count). The van der Waals surface area contributed by atoms with Crippen LogP contribution >= 0.6 is 0 Å².